The van der Waals surface area contributed by atoms with E-state index in [1.807, 2.05) is 37.4 Å². The molecule has 0 amide bonds. The number of halogens is 1. The van der Waals surface area contributed by atoms with Gasteiger partial charge in [-0.2, -0.15) is 5.26 Å². The molecule has 0 spiro atoms. The van der Waals surface area contributed by atoms with E-state index >= 15 is 0 Å². The van der Waals surface area contributed by atoms with Crippen LogP contribution in [0.5, 0.6) is 0 Å². The lowest BCUT2D eigenvalue weighted by molar-refractivity contribution is 0.628. The van der Waals surface area contributed by atoms with Crippen LogP contribution in [0.25, 0.3) is 10.8 Å². The molecule has 0 radical (unpaired) electrons. The summed E-state index contributed by atoms with van der Waals surface area (Å²) in [6, 6.07) is 20.2. The molecule has 3 aromatic carbocycles. The molecule has 0 N–H and O–H groups in total. The topological polar surface area (TPSA) is 27.0 Å². The van der Waals surface area contributed by atoms with Gasteiger partial charge in [-0.1, -0.05) is 36.4 Å². The fourth-order valence-electron chi connectivity index (χ4n) is 2.53. The van der Waals surface area contributed by atoms with Crippen molar-refractivity contribution in [1.29, 1.82) is 5.26 Å². The molecule has 102 valence electrons. The van der Waals surface area contributed by atoms with E-state index < -0.39 is 0 Å². The smallest absolute Gasteiger partial charge is 0.146 e. The average molecular weight is 276 g/mol. The lowest BCUT2D eigenvalue weighted by Gasteiger charge is -2.22. The molecule has 21 heavy (non-hydrogen) atoms. The van der Waals surface area contributed by atoms with E-state index in [-0.39, 0.29) is 5.82 Å². The van der Waals surface area contributed by atoms with Crippen LogP contribution in [0.15, 0.2) is 60.7 Å². The number of nitrogens with zero attached hydrogens (tertiary/aromatic N) is 2. The standard InChI is InChI=1S/C18H13FN2/c1-21(18-9-5-4-8-16(18)19)17-11-10-13(12-20)14-6-2-3-7-15(14)17/h2-11H,1H3. The van der Waals surface area contributed by atoms with Crippen molar-refractivity contribution in [2.45, 2.75) is 0 Å². The van der Waals surface area contributed by atoms with Crippen molar-refractivity contribution in [3.8, 4) is 6.07 Å². The highest BCUT2D eigenvalue weighted by atomic mass is 19.1. The Hall–Kier alpha value is -2.86. The normalized spacial score (nSPS) is 10.3. The SMILES string of the molecule is CN(c1ccccc1F)c1ccc(C#N)c2ccccc12. The largest absolute Gasteiger partial charge is 0.342 e. The summed E-state index contributed by atoms with van der Waals surface area (Å²) in [6.07, 6.45) is 0. The van der Waals surface area contributed by atoms with Crippen LogP contribution in [0.4, 0.5) is 15.8 Å². The minimum Gasteiger partial charge on any atom is -0.342 e. The summed E-state index contributed by atoms with van der Waals surface area (Å²) in [7, 11) is 1.83. The van der Waals surface area contributed by atoms with E-state index in [1.165, 1.54) is 6.07 Å². The molecule has 0 unspecified atom stereocenters. The van der Waals surface area contributed by atoms with Gasteiger partial charge in [0.05, 0.1) is 17.3 Å². The summed E-state index contributed by atoms with van der Waals surface area (Å²) in [5.41, 5.74) is 2.00. The maximum atomic E-state index is 14.0. The third-order valence-electron chi connectivity index (χ3n) is 3.60. The maximum absolute atomic E-state index is 14.0. The molecule has 2 nitrogen and oxygen atoms in total. The number of rotatable bonds is 2. The molecule has 0 bridgehead atoms. The quantitative estimate of drug-likeness (QED) is 0.683. The van der Waals surface area contributed by atoms with Gasteiger partial charge >= 0.3 is 0 Å². The van der Waals surface area contributed by atoms with Crippen LogP contribution in [0.1, 0.15) is 5.56 Å². The van der Waals surface area contributed by atoms with Crippen LogP contribution < -0.4 is 4.90 Å². The Kier molecular flexibility index (Phi) is 3.29. The first-order valence-electron chi connectivity index (χ1n) is 6.62. The number of hydrogen-bond donors (Lipinski definition) is 0. The molecule has 0 saturated carbocycles. The van der Waals surface area contributed by atoms with Crippen molar-refractivity contribution in [1.82, 2.24) is 0 Å². The minimum absolute atomic E-state index is 0.270. The second-order valence-corrected chi connectivity index (χ2v) is 4.80. The summed E-state index contributed by atoms with van der Waals surface area (Å²) in [5, 5.41) is 11.0. The van der Waals surface area contributed by atoms with E-state index in [2.05, 4.69) is 6.07 Å². The molecule has 0 heterocycles. The van der Waals surface area contributed by atoms with Crippen LogP contribution >= 0.6 is 0 Å². The first-order valence-corrected chi connectivity index (χ1v) is 6.62. The van der Waals surface area contributed by atoms with Crippen molar-refractivity contribution in [3.05, 3.63) is 72.0 Å². The Bertz CT molecular complexity index is 849. The number of hydrogen-bond acceptors (Lipinski definition) is 2. The van der Waals surface area contributed by atoms with Crippen LogP contribution in [-0.4, -0.2) is 7.05 Å². The summed E-state index contributed by atoms with van der Waals surface area (Å²) >= 11 is 0. The molecule has 3 aromatic rings. The van der Waals surface area contributed by atoms with E-state index in [9.17, 15) is 9.65 Å². The lowest BCUT2D eigenvalue weighted by atomic mass is 10.0. The predicted molar refractivity (Wildman–Crippen MR) is 83.1 cm³/mol. The van der Waals surface area contributed by atoms with Crippen LogP contribution in [0.2, 0.25) is 0 Å². The number of anilines is 2. The molecule has 3 rings (SSSR count). The highest BCUT2D eigenvalue weighted by Gasteiger charge is 2.13. The number of benzene rings is 3. The zero-order valence-electron chi connectivity index (χ0n) is 11.5. The molecular formula is C18H13FN2. The number of nitriles is 1. The van der Waals surface area contributed by atoms with Crippen LogP contribution in [0, 0.1) is 17.1 Å². The Morgan fingerprint density at radius 3 is 2.24 bits per heavy atom. The monoisotopic (exact) mass is 276 g/mol. The third kappa shape index (κ3) is 2.21. The molecule has 0 atom stereocenters. The second-order valence-electron chi connectivity index (χ2n) is 4.80. The molecule has 0 aliphatic carbocycles. The average Bonchev–Trinajstić information content (AvgIpc) is 2.53. The summed E-state index contributed by atoms with van der Waals surface area (Å²) in [5.74, 6) is -0.270. The third-order valence-corrected chi connectivity index (χ3v) is 3.60. The van der Waals surface area contributed by atoms with Crippen LogP contribution in [0.3, 0.4) is 0 Å². The number of fused-ring (bicyclic) bond motifs is 1. The van der Waals surface area contributed by atoms with Crippen molar-refractivity contribution in [2.24, 2.45) is 0 Å². The Morgan fingerprint density at radius 2 is 1.52 bits per heavy atom. The lowest BCUT2D eigenvalue weighted by Crippen LogP contribution is -2.11. The molecule has 3 heteroatoms. The van der Waals surface area contributed by atoms with E-state index in [0.29, 0.717) is 11.3 Å². The van der Waals surface area contributed by atoms with Gasteiger partial charge in [-0.15, -0.1) is 0 Å². The van der Waals surface area contributed by atoms with Gasteiger partial charge < -0.3 is 4.90 Å². The Balaban J connectivity index is 2.22. The van der Waals surface area contributed by atoms with Crippen molar-refractivity contribution in [2.75, 3.05) is 11.9 Å². The zero-order valence-corrected chi connectivity index (χ0v) is 11.5. The fourth-order valence-corrected chi connectivity index (χ4v) is 2.53. The van der Waals surface area contributed by atoms with Gasteiger partial charge in [0.1, 0.15) is 5.82 Å². The summed E-state index contributed by atoms with van der Waals surface area (Å²) in [4.78, 5) is 1.80. The van der Waals surface area contributed by atoms with E-state index in [4.69, 9.17) is 0 Å². The van der Waals surface area contributed by atoms with Gasteiger partial charge in [-0.05, 0) is 24.3 Å². The van der Waals surface area contributed by atoms with Gasteiger partial charge in [0, 0.05) is 23.5 Å². The minimum atomic E-state index is -0.270. The van der Waals surface area contributed by atoms with Gasteiger partial charge in [0.25, 0.3) is 0 Å². The fraction of sp³-hybridized carbons (Fsp3) is 0.0556. The highest BCUT2D eigenvalue weighted by Crippen LogP contribution is 2.33. The van der Waals surface area contributed by atoms with Crippen molar-refractivity contribution < 1.29 is 4.39 Å². The van der Waals surface area contributed by atoms with Crippen molar-refractivity contribution in [3.63, 3.8) is 0 Å². The van der Waals surface area contributed by atoms with Gasteiger partial charge in [0.15, 0.2) is 0 Å². The second kappa shape index (κ2) is 5.26. The Morgan fingerprint density at radius 1 is 0.857 bits per heavy atom. The first kappa shape index (κ1) is 13.1. The van der Waals surface area contributed by atoms with Gasteiger partial charge in [-0.25, -0.2) is 4.39 Å². The molecular weight excluding hydrogens is 263 g/mol. The summed E-state index contributed by atoms with van der Waals surface area (Å²) < 4.78 is 14.0. The van der Waals surface area contributed by atoms with E-state index in [1.54, 1.807) is 29.2 Å². The first-order chi connectivity index (χ1) is 10.2. The molecule has 0 aromatic heterocycles. The molecule has 0 fully saturated rings. The Labute approximate surface area is 122 Å². The molecule has 0 saturated heterocycles. The zero-order chi connectivity index (χ0) is 14.8. The summed E-state index contributed by atoms with van der Waals surface area (Å²) in [6.45, 7) is 0. The van der Waals surface area contributed by atoms with E-state index in [0.717, 1.165) is 16.5 Å². The molecule has 0 aliphatic rings. The van der Waals surface area contributed by atoms with Gasteiger partial charge in [0.2, 0.25) is 0 Å². The van der Waals surface area contributed by atoms with Crippen molar-refractivity contribution >= 4 is 22.1 Å². The van der Waals surface area contributed by atoms with Gasteiger partial charge in [-0.3, -0.25) is 0 Å². The highest BCUT2D eigenvalue weighted by molar-refractivity contribution is 5.99. The van der Waals surface area contributed by atoms with Crippen LogP contribution in [-0.2, 0) is 0 Å². The molecule has 0 aliphatic heterocycles. The predicted octanol–water partition coefficient (Wildman–Crippen LogP) is 4.62. The number of para-hydroxylation sites is 1. The maximum Gasteiger partial charge on any atom is 0.146 e.